The van der Waals surface area contributed by atoms with Crippen LogP contribution in [0.2, 0.25) is 0 Å². The fourth-order valence-electron chi connectivity index (χ4n) is 2.07. The number of hydrogen-bond acceptors (Lipinski definition) is 2. The van der Waals surface area contributed by atoms with Gasteiger partial charge in [-0.25, -0.2) is 4.39 Å². The van der Waals surface area contributed by atoms with Crippen LogP contribution in [0, 0.1) is 5.82 Å². The van der Waals surface area contributed by atoms with Gasteiger partial charge in [-0.1, -0.05) is 52.3 Å². The lowest BCUT2D eigenvalue weighted by atomic mass is 9.92. The molecule has 0 aromatic heterocycles. The van der Waals surface area contributed by atoms with E-state index in [1.807, 2.05) is 30.3 Å². The van der Waals surface area contributed by atoms with Crippen molar-refractivity contribution in [2.45, 2.75) is 19.0 Å². The van der Waals surface area contributed by atoms with Crippen LogP contribution in [0.15, 0.2) is 53.0 Å². The predicted octanol–water partition coefficient (Wildman–Crippen LogP) is 3.59. The number of hydrogen-bond donors (Lipinski definition) is 2. The summed E-state index contributed by atoms with van der Waals surface area (Å²) in [5.74, 6) is -0.337. The molecule has 2 aromatic rings. The Morgan fingerprint density at radius 2 is 1.90 bits per heavy atom. The van der Waals surface area contributed by atoms with Gasteiger partial charge in [-0.15, -0.1) is 0 Å². The second-order valence-corrected chi connectivity index (χ2v) is 5.87. The van der Waals surface area contributed by atoms with Crippen molar-refractivity contribution in [2.75, 3.05) is 6.61 Å². The van der Waals surface area contributed by atoms with E-state index in [9.17, 15) is 9.50 Å². The zero-order valence-electron chi connectivity index (χ0n) is 11.2. The van der Waals surface area contributed by atoms with Crippen LogP contribution in [0.5, 0.6) is 0 Å². The maximum absolute atomic E-state index is 14.1. The third kappa shape index (κ3) is 3.45. The smallest absolute Gasteiger partial charge is 0.129 e. The van der Waals surface area contributed by atoms with Crippen LogP contribution in [-0.2, 0) is 12.1 Å². The summed E-state index contributed by atoms with van der Waals surface area (Å²) in [4.78, 5) is 0. The summed E-state index contributed by atoms with van der Waals surface area (Å²) in [5, 5.41) is 12.9. The quantitative estimate of drug-likeness (QED) is 0.873. The number of halogens is 2. The zero-order valence-corrected chi connectivity index (χ0v) is 12.8. The Hall–Kier alpha value is -1.23. The molecule has 0 spiro atoms. The third-order valence-corrected chi connectivity index (χ3v) is 3.86. The zero-order chi connectivity index (χ0) is 14.6. The second-order valence-electron chi connectivity index (χ2n) is 4.95. The molecule has 0 saturated carbocycles. The minimum absolute atomic E-state index is 0.182. The van der Waals surface area contributed by atoms with Gasteiger partial charge >= 0.3 is 0 Å². The third-order valence-electron chi connectivity index (χ3n) is 3.37. The highest BCUT2D eigenvalue weighted by Gasteiger charge is 2.28. The van der Waals surface area contributed by atoms with Crippen LogP contribution >= 0.6 is 15.9 Å². The van der Waals surface area contributed by atoms with Gasteiger partial charge in [0.2, 0.25) is 0 Å². The number of aliphatic hydroxyl groups is 1. The lowest BCUT2D eigenvalue weighted by molar-refractivity contribution is 0.170. The molecule has 0 radical (unpaired) electrons. The van der Waals surface area contributed by atoms with Gasteiger partial charge in [0.05, 0.1) is 12.1 Å². The van der Waals surface area contributed by atoms with E-state index < -0.39 is 5.54 Å². The van der Waals surface area contributed by atoms with Crippen molar-refractivity contribution >= 4 is 15.9 Å². The number of nitrogens with one attached hydrogen (secondary N) is 1. The molecular weight excluding hydrogens is 321 g/mol. The molecule has 0 heterocycles. The van der Waals surface area contributed by atoms with Crippen LogP contribution < -0.4 is 5.32 Å². The van der Waals surface area contributed by atoms with E-state index in [-0.39, 0.29) is 12.4 Å². The van der Waals surface area contributed by atoms with Gasteiger partial charge in [-0.05, 0) is 24.6 Å². The van der Waals surface area contributed by atoms with E-state index in [2.05, 4.69) is 21.2 Å². The summed E-state index contributed by atoms with van der Waals surface area (Å²) in [6.07, 6.45) is 0. The average Bonchev–Trinajstić information content (AvgIpc) is 2.46. The lowest BCUT2D eigenvalue weighted by Gasteiger charge is -2.30. The summed E-state index contributed by atoms with van der Waals surface area (Å²) in [6.45, 7) is 2.17. The fourth-order valence-corrected chi connectivity index (χ4v) is 2.40. The first-order valence-corrected chi connectivity index (χ1v) is 7.20. The van der Waals surface area contributed by atoms with Crippen molar-refractivity contribution in [3.63, 3.8) is 0 Å². The van der Waals surface area contributed by atoms with E-state index in [1.165, 1.54) is 6.07 Å². The first-order valence-electron chi connectivity index (χ1n) is 6.40. The van der Waals surface area contributed by atoms with Crippen LogP contribution in [0.3, 0.4) is 0 Å². The van der Waals surface area contributed by atoms with E-state index in [4.69, 9.17) is 0 Å². The van der Waals surface area contributed by atoms with Crippen LogP contribution in [0.25, 0.3) is 0 Å². The van der Waals surface area contributed by atoms with Crippen molar-refractivity contribution in [1.82, 2.24) is 5.32 Å². The topological polar surface area (TPSA) is 32.3 Å². The van der Waals surface area contributed by atoms with Crippen LogP contribution in [-0.4, -0.2) is 11.7 Å². The van der Waals surface area contributed by atoms with Gasteiger partial charge in [0, 0.05) is 16.6 Å². The molecule has 4 heteroatoms. The molecule has 20 heavy (non-hydrogen) atoms. The summed E-state index contributed by atoms with van der Waals surface area (Å²) >= 11 is 3.24. The maximum atomic E-state index is 14.1. The molecule has 0 bridgehead atoms. The van der Waals surface area contributed by atoms with E-state index in [0.29, 0.717) is 16.6 Å². The Morgan fingerprint density at radius 1 is 1.20 bits per heavy atom. The first-order chi connectivity index (χ1) is 9.55. The summed E-state index contributed by atoms with van der Waals surface area (Å²) in [5.41, 5.74) is 0.726. The molecule has 0 aliphatic rings. The van der Waals surface area contributed by atoms with E-state index >= 15 is 0 Å². The predicted molar refractivity (Wildman–Crippen MR) is 81.8 cm³/mol. The molecule has 0 amide bonds. The minimum Gasteiger partial charge on any atom is -0.394 e. The van der Waals surface area contributed by atoms with Gasteiger partial charge in [-0.2, -0.15) is 0 Å². The first kappa shape index (κ1) is 15.2. The van der Waals surface area contributed by atoms with Crippen molar-refractivity contribution in [1.29, 1.82) is 0 Å². The van der Waals surface area contributed by atoms with Crippen molar-refractivity contribution < 1.29 is 9.50 Å². The highest BCUT2D eigenvalue weighted by molar-refractivity contribution is 9.10. The largest absolute Gasteiger partial charge is 0.394 e. The van der Waals surface area contributed by atoms with Crippen molar-refractivity contribution in [3.05, 3.63) is 69.9 Å². The normalized spacial score (nSPS) is 14.0. The van der Waals surface area contributed by atoms with E-state index in [0.717, 1.165) is 5.56 Å². The Kier molecular flexibility index (Phi) is 4.91. The number of benzene rings is 2. The Balaban J connectivity index is 2.20. The minimum atomic E-state index is -0.819. The monoisotopic (exact) mass is 337 g/mol. The molecular formula is C16H17BrFNO. The van der Waals surface area contributed by atoms with E-state index in [1.54, 1.807) is 19.1 Å². The molecule has 1 atom stereocenters. The Morgan fingerprint density at radius 3 is 2.50 bits per heavy atom. The summed E-state index contributed by atoms with van der Waals surface area (Å²) < 4.78 is 14.8. The molecule has 106 valence electrons. The number of aliphatic hydroxyl groups excluding tert-OH is 1. The molecule has 2 aromatic carbocycles. The van der Waals surface area contributed by atoms with Gasteiger partial charge in [0.25, 0.3) is 0 Å². The maximum Gasteiger partial charge on any atom is 0.129 e. The molecule has 1 unspecified atom stereocenters. The molecule has 2 rings (SSSR count). The van der Waals surface area contributed by atoms with Gasteiger partial charge in [-0.3, -0.25) is 0 Å². The van der Waals surface area contributed by atoms with Crippen molar-refractivity contribution in [2.24, 2.45) is 0 Å². The molecule has 0 aliphatic heterocycles. The van der Waals surface area contributed by atoms with Crippen LogP contribution in [0.4, 0.5) is 4.39 Å². The SMILES string of the molecule is CC(CO)(NCc1ccccc1)c1ccc(Br)cc1F. The van der Waals surface area contributed by atoms with Gasteiger partial charge < -0.3 is 10.4 Å². The molecule has 0 fully saturated rings. The summed E-state index contributed by atoms with van der Waals surface area (Å²) in [7, 11) is 0. The second kappa shape index (κ2) is 6.48. The highest BCUT2D eigenvalue weighted by atomic mass is 79.9. The number of rotatable bonds is 5. The molecule has 0 aliphatic carbocycles. The molecule has 2 nitrogen and oxygen atoms in total. The molecule has 0 saturated heterocycles. The van der Waals surface area contributed by atoms with Gasteiger partial charge in [0.15, 0.2) is 0 Å². The lowest BCUT2D eigenvalue weighted by Crippen LogP contribution is -2.43. The summed E-state index contributed by atoms with van der Waals surface area (Å²) in [6, 6.07) is 14.7. The van der Waals surface area contributed by atoms with Crippen molar-refractivity contribution in [3.8, 4) is 0 Å². The van der Waals surface area contributed by atoms with Gasteiger partial charge in [0.1, 0.15) is 5.82 Å². The standard InChI is InChI=1S/C16H17BrFNO/c1-16(11-20,14-8-7-13(17)9-15(14)18)19-10-12-5-3-2-4-6-12/h2-9,19-20H,10-11H2,1H3. The fraction of sp³-hybridized carbons (Fsp3) is 0.250. The average molecular weight is 338 g/mol. The van der Waals surface area contributed by atoms with Crippen LogP contribution in [0.1, 0.15) is 18.1 Å². The highest BCUT2D eigenvalue weighted by Crippen LogP contribution is 2.26. The Bertz CT molecular complexity index is 576. The molecule has 2 N–H and O–H groups in total. The Labute approximate surface area is 126 Å².